The number of halogens is 1. The lowest BCUT2D eigenvalue weighted by Gasteiger charge is -2.34. The summed E-state index contributed by atoms with van der Waals surface area (Å²) in [5.74, 6) is 0.833. The number of hydrogen-bond donors (Lipinski definition) is 1. The Kier molecular flexibility index (Phi) is 3.32. The summed E-state index contributed by atoms with van der Waals surface area (Å²) in [7, 11) is 0. The van der Waals surface area contributed by atoms with Crippen molar-refractivity contribution >= 4 is 5.69 Å². The van der Waals surface area contributed by atoms with Crippen molar-refractivity contribution < 1.29 is 9.13 Å². The van der Waals surface area contributed by atoms with Crippen molar-refractivity contribution in [2.45, 2.75) is 32.7 Å². The fourth-order valence-corrected chi connectivity index (χ4v) is 2.12. The maximum absolute atomic E-state index is 13.5. The number of hydrogen-bond acceptors (Lipinski definition) is 2. The fourth-order valence-electron chi connectivity index (χ4n) is 2.12. The molecule has 0 saturated heterocycles. The standard InChI is InChI=1S/C13H18FNO/c1-3-16-13-5-4-10(8-12(13)14)15-11-6-9(2)7-11/h4-5,8-9,11,15H,3,6-7H2,1-2H3. The zero-order valence-electron chi connectivity index (χ0n) is 9.79. The molecule has 1 fully saturated rings. The molecule has 2 rings (SSSR count). The lowest BCUT2D eigenvalue weighted by atomic mass is 9.82. The van der Waals surface area contributed by atoms with Gasteiger partial charge in [0.1, 0.15) is 0 Å². The van der Waals surface area contributed by atoms with Gasteiger partial charge in [-0.1, -0.05) is 6.92 Å². The molecule has 0 aromatic heterocycles. The molecule has 3 heteroatoms. The van der Waals surface area contributed by atoms with Gasteiger partial charge in [-0.25, -0.2) is 4.39 Å². The third-order valence-corrected chi connectivity index (χ3v) is 2.98. The highest BCUT2D eigenvalue weighted by molar-refractivity contribution is 5.48. The maximum atomic E-state index is 13.5. The van der Waals surface area contributed by atoms with Crippen molar-refractivity contribution in [1.82, 2.24) is 0 Å². The van der Waals surface area contributed by atoms with Crippen LogP contribution >= 0.6 is 0 Å². The summed E-state index contributed by atoms with van der Waals surface area (Å²) in [6, 6.07) is 5.57. The van der Waals surface area contributed by atoms with E-state index < -0.39 is 0 Å². The van der Waals surface area contributed by atoms with Crippen molar-refractivity contribution in [1.29, 1.82) is 0 Å². The van der Waals surface area contributed by atoms with Gasteiger partial charge in [0, 0.05) is 17.8 Å². The van der Waals surface area contributed by atoms with Crippen LogP contribution in [-0.4, -0.2) is 12.6 Å². The third-order valence-electron chi connectivity index (χ3n) is 2.98. The van der Waals surface area contributed by atoms with Gasteiger partial charge in [-0.2, -0.15) is 0 Å². The van der Waals surface area contributed by atoms with Crippen molar-refractivity contribution in [3.8, 4) is 5.75 Å². The van der Waals surface area contributed by atoms with Crippen molar-refractivity contribution in [3.05, 3.63) is 24.0 Å². The molecule has 0 atom stereocenters. The summed E-state index contributed by atoms with van der Waals surface area (Å²) in [5.41, 5.74) is 0.845. The second-order valence-electron chi connectivity index (χ2n) is 4.50. The zero-order valence-corrected chi connectivity index (χ0v) is 9.79. The predicted molar refractivity (Wildman–Crippen MR) is 63.4 cm³/mol. The quantitative estimate of drug-likeness (QED) is 0.844. The first-order valence-corrected chi connectivity index (χ1v) is 5.88. The third kappa shape index (κ3) is 2.46. The van der Waals surface area contributed by atoms with E-state index >= 15 is 0 Å². The van der Waals surface area contributed by atoms with Gasteiger partial charge < -0.3 is 10.1 Å². The van der Waals surface area contributed by atoms with Gasteiger partial charge in [-0.15, -0.1) is 0 Å². The van der Waals surface area contributed by atoms with E-state index in [4.69, 9.17) is 4.74 Å². The predicted octanol–water partition coefficient (Wildman–Crippen LogP) is 3.43. The van der Waals surface area contributed by atoms with E-state index in [1.165, 1.54) is 18.9 Å². The number of nitrogens with one attached hydrogen (secondary N) is 1. The zero-order chi connectivity index (χ0) is 11.5. The average molecular weight is 223 g/mol. The van der Waals surface area contributed by atoms with E-state index in [0.717, 1.165) is 11.6 Å². The smallest absolute Gasteiger partial charge is 0.167 e. The van der Waals surface area contributed by atoms with E-state index in [0.29, 0.717) is 18.4 Å². The molecule has 16 heavy (non-hydrogen) atoms. The van der Waals surface area contributed by atoms with Crippen molar-refractivity contribution in [3.63, 3.8) is 0 Å². The van der Waals surface area contributed by atoms with E-state index in [1.807, 2.05) is 13.0 Å². The second-order valence-corrected chi connectivity index (χ2v) is 4.50. The summed E-state index contributed by atoms with van der Waals surface area (Å²) < 4.78 is 18.7. The topological polar surface area (TPSA) is 21.3 Å². The largest absolute Gasteiger partial charge is 0.491 e. The molecule has 1 aromatic carbocycles. The molecule has 88 valence electrons. The fraction of sp³-hybridized carbons (Fsp3) is 0.538. The number of ether oxygens (including phenoxy) is 1. The van der Waals surface area contributed by atoms with Crippen LogP contribution in [0.5, 0.6) is 5.75 Å². The van der Waals surface area contributed by atoms with Crippen LogP contribution in [0.3, 0.4) is 0 Å². The normalized spacial score (nSPS) is 23.7. The van der Waals surface area contributed by atoms with Crippen LogP contribution in [0, 0.1) is 11.7 Å². The van der Waals surface area contributed by atoms with Gasteiger partial charge in [-0.3, -0.25) is 0 Å². The summed E-state index contributed by atoms with van der Waals surface area (Å²) in [5, 5.41) is 3.32. The molecule has 0 heterocycles. The van der Waals surface area contributed by atoms with Gasteiger partial charge >= 0.3 is 0 Å². The van der Waals surface area contributed by atoms with Gasteiger partial charge in [0.05, 0.1) is 6.61 Å². The highest BCUT2D eigenvalue weighted by Crippen LogP contribution is 2.30. The van der Waals surface area contributed by atoms with Crippen LogP contribution in [0.25, 0.3) is 0 Å². The van der Waals surface area contributed by atoms with Gasteiger partial charge in [0.2, 0.25) is 0 Å². The first-order valence-electron chi connectivity index (χ1n) is 5.88. The van der Waals surface area contributed by atoms with Crippen LogP contribution in [-0.2, 0) is 0 Å². The minimum Gasteiger partial charge on any atom is -0.491 e. The summed E-state index contributed by atoms with van der Waals surface area (Å²) in [4.78, 5) is 0. The van der Waals surface area contributed by atoms with E-state index in [2.05, 4.69) is 12.2 Å². The molecule has 0 radical (unpaired) electrons. The highest BCUT2D eigenvalue weighted by Gasteiger charge is 2.24. The molecule has 1 aliphatic rings. The van der Waals surface area contributed by atoms with Crippen LogP contribution in [0.2, 0.25) is 0 Å². The molecule has 1 aliphatic carbocycles. The van der Waals surface area contributed by atoms with Crippen molar-refractivity contribution in [2.75, 3.05) is 11.9 Å². The van der Waals surface area contributed by atoms with E-state index in [-0.39, 0.29) is 5.82 Å². The molecular formula is C13H18FNO. The second kappa shape index (κ2) is 4.73. The Labute approximate surface area is 95.8 Å². The molecule has 2 nitrogen and oxygen atoms in total. The van der Waals surface area contributed by atoms with Crippen LogP contribution in [0.4, 0.5) is 10.1 Å². The van der Waals surface area contributed by atoms with Crippen LogP contribution < -0.4 is 10.1 Å². The molecule has 1 N–H and O–H groups in total. The van der Waals surface area contributed by atoms with Crippen LogP contribution in [0.1, 0.15) is 26.7 Å². The lowest BCUT2D eigenvalue weighted by molar-refractivity contribution is 0.308. The number of anilines is 1. The van der Waals surface area contributed by atoms with Gasteiger partial charge in [0.15, 0.2) is 11.6 Å². The molecule has 0 bridgehead atoms. The number of benzene rings is 1. The molecule has 1 aromatic rings. The van der Waals surface area contributed by atoms with Crippen molar-refractivity contribution in [2.24, 2.45) is 5.92 Å². The van der Waals surface area contributed by atoms with Gasteiger partial charge in [-0.05, 0) is 37.8 Å². The lowest BCUT2D eigenvalue weighted by Crippen LogP contribution is -2.33. The Bertz CT molecular complexity index is 361. The minimum atomic E-state index is -0.292. The SMILES string of the molecule is CCOc1ccc(NC2CC(C)C2)cc1F. The van der Waals surface area contributed by atoms with E-state index in [9.17, 15) is 4.39 Å². The van der Waals surface area contributed by atoms with Crippen LogP contribution in [0.15, 0.2) is 18.2 Å². The molecule has 1 saturated carbocycles. The summed E-state index contributed by atoms with van der Waals surface area (Å²) in [6.07, 6.45) is 2.35. The monoisotopic (exact) mass is 223 g/mol. The Morgan fingerprint density at radius 3 is 2.75 bits per heavy atom. The maximum Gasteiger partial charge on any atom is 0.167 e. The van der Waals surface area contributed by atoms with E-state index in [1.54, 1.807) is 6.07 Å². The number of rotatable bonds is 4. The molecule has 0 aliphatic heterocycles. The summed E-state index contributed by atoms with van der Waals surface area (Å²) >= 11 is 0. The minimum absolute atomic E-state index is 0.292. The molecule has 0 unspecified atom stereocenters. The average Bonchev–Trinajstić information content (AvgIpc) is 2.20. The first kappa shape index (κ1) is 11.2. The Balaban J connectivity index is 1.98. The Morgan fingerprint density at radius 2 is 2.19 bits per heavy atom. The Morgan fingerprint density at radius 1 is 1.44 bits per heavy atom. The molecule has 0 amide bonds. The molecular weight excluding hydrogens is 205 g/mol. The first-order chi connectivity index (χ1) is 7.69. The Hall–Kier alpha value is -1.25. The highest BCUT2D eigenvalue weighted by atomic mass is 19.1. The molecule has 0 spiro atoms. The van der Waals surface area contributed by atoms with Gasteiger partial charge in [0.25, 0.3) is 0 Å². The summed E-state index contributed by atoms with van der Waals surface area (Å²) in [6.45, 7) is 4.57.